The first-order valence-corrected chi connectivity index (χ1v) is 6.49. The van der Waals surface area contributed by atoms with Gasteiger partial charge in [-0.1, -0.05) is 11.6 Å². The van der Waals surface area contributed by atoms with Crippen LogP contribution in [0.1, 0.15) is 16.8 Å². The Balaban J connectivity index is 2.53. The summed E-state index contributed by atoms with van der Waals surface area (Å²) in [6.45, 7) is 1.50. The zero-order valence-corrected chi connectivity index (χ0v) is 12.6. The number of hydrogen-bond acceptors (Lipinski definition) is 5. The molecule has 6 nitrogen and oxygen atoms in total. The first kappa shape index (κ1) is 16.8. The monoisotopic (exact) mass is 343 g/mol. The van der Waals surface area contributed by atoms with Crippen LogP contribution in [0.3, 0.4) is 0 Å². The highest BCUT2D eigenvalue weighted by molar-refractivity contribution is 6.33. The van der Waals surface area contributed by atoms with Crippen molar-refractivity contribution in [3.8, 4) is 6.07 Å². The molecule has 2 aromatic rings. The smallest absolute Gasteiger partial charge is 0.266 e. The van der Waals surface area contributed by atoms with Crippen LogP contribution in [-0.4, -0.2) is 21.7 Å². The van der Waals surface area contributed by atoms with Gasteiger partial charge in [-0.05, 0) is 13.0 Å². The Bertz CT molecular complexity index is 856. The fourth-order valence-corrected chi connectivity index (χ4v) is 2.17. The molecule has 2 rings (SSSR count). The second kappa shape index (κ2) is 5.89. The lowest BCUT2D eigenvalue weighted by molar-refractivity contribution is -0.137. The topological polar surface area (TPSA) is 74.8 Å². The van der Waals surface area contributed by atoms with Gasteiger partial charge in [0.2, 0.25) is 0 Å². The maximum atomic E-state index is 12.6. The van der Waals surface area contributed by atoms with Crippen molar-refractivity contribution in [1.82, 2.24) is 14.6 Å². The summed E-state index contributed by atoms with van der Waals surface area (Å²) in [7, 11) is 1.46. The third-order valence-electron chi connectivity index (χ3n) is 3.09. The van der Waals surface area contributed by atoms with Crippen molar-refractivity contribution in [2.24, 2.45) is 0 Å². The van der Waals surface area contributed by atoms with Crippen molar-refractivity contribution in [3.63, 3.8) is 0 Å². The molecule has 0 fully saturated rings. The van der Waals surface area contributed by atoms with Gasteiger partial charge >= 0.3 is 6.18 Å². The number of nitrogens with zero attached hydrogens (tertiary/aromatic N) is 5. The van der Waals surface area contributed by atoms with E-state index in [1.54, 1.807) is 6.07 Å². The van der Waals surface area contributed by atoms with Crippen LogP contribution in [-0.2, 0) is 6.18 Å². The van der Waals surface area contributed by atoms with Crippen molar-refractivity contribution < 1.29 is 13.2 Å². The lowest BCUT2D eigenvalue weighted by Gasteiger charge is -2.24. The second-order valence-corrected chi connectivity index (χ2v) is 4.92. The van der Waals surface area contributed by atoms with Crippen LogP contribution in [0, 0.1) is 18.3 Å². The molecule has 0 unspecified atom stereocenters. The summed E-state index contributed by atoms with van der Waals surface area (Å²) in [5, 5.41) is 10.0. The number of anilines is 1. The number of pyridine rings is 1. The quantitative estimate of drug-likeness (QED) is 0.837. The minimum absolute atomic E-state index is 0.0112. The molecule has 0 spiro atoms. The summed E-state index contributed by atoms with van der Waals surface area (Å²) in [6.07, 6.45) is -2.78. The molecule has 0 aromatic carbocycles. The molecule has 2 aromatic heterocycles. The van der Waals surface area contributed by atoms with E-state index in [9.17, 15) is 18.0 Å². The Morgan fingerprint density at radius 1 is 1.39 bits per heavy atom. The second-order valence-electron chi connectivity index (χ2n) is 4.52. The molecule has 0 amide bonds. The number of nitriles is 1. The van der Waals surface area contributed by atoms with E-state index in [-0.39, 0.29) is 22.1 Å². The molecule has 0 aliphatic carbocycles. The summed E-state index contributed by atoms with van der Waals surface area (Å²) in [5.41, 5.74) is -1.59. The van der Waals surface area contributed by atoms with E-state index in [0.29, 0.717) is 6.20 Å². The molecule has 0 saturated heterocycles. The molecule has 0 atom stereocenters. The van der Waals surface area contributed by atoms with Crippen LogP contribution < -0.4 is 10.6 Å². The molecule has 0 bridgehead atoms. The number of rotatable bonds is 2. The minimum atomic E-state index is -4.56. The molecule has 0 N–H and O–H groups in total. The molecule has 0 radical (unpaired) electrons. The SMILES string of the molecule is Cc1c(C#N)c(=O)ncn1N(C)c1ncc(C(F)(F)F)cc1Cl. The molecular weight excluding hydrogens is 335 g/mol. The van der Waals surface area contributed by atoms with Crippen molar-refractivity contribution in [2.45, 2.75) is 13.1 Å². The van der Waals surface area contributed by atoms with E-state index in [0.717, 1.165) is 12.4 Å². The fraction of sp³-hybridized carbons (Fsp3) is 0.231. The average molecular weight is 344 g/mol. The van der Waals surface area contributed by atoms with Gasteiger partial charge in [0, 0.05) is 13.2 Å². The van der Waals surface area contributed by atoms with Gasteiger partial charge < -0.3 is 0 Å². The molecule has 0 aliphatic rings. The van der Waals surface area contributed by atoms with Gasteiger partial charge in [-0.2, -0.15) is 23.4 Å². The summed E-state index contributed by atoms with van der Waals surface area (Å²) >= 11 is 5.87. The molecule has 23 heavy (non-hydrogen) atoms. The Morgan fingerprint density at radius 3 is 2.57 bits per heavy atom. The Kier molecular flexibility index (Phi) is 4.29. The highest BCUT2D eigenvalue weighted by Gasteiger charge is 2.32. The molecule has 120 valence electrons. The largest absolute Gasteiger partial charge is 0.417 e. The average Bonchev–Trinajstić information content (AvgIpc) is 2.46. The summed E-state index contributed by atoms with van der Waals surface area (Å²) in [4.78, 5) is 18.7. The predicted molar refractivity (Wildman–Crippen MR) is 76.0 cm³/mol. The van der Waals surface area contributed by atoms with Gasteiger partial charge in [0.25, 0.3) is 5.56 Å². The standard InChI is InChI=1S/C13H9ClF3N5O/c1-7-9(4-18)12(23)20-6-22(7)21(2)11-10(14)3-8(5-19-11)13(15,16)17/h3,5-6H,1-2H3. The zero-order chi connectivity index (χ0) is 17.4. The van der Waals surface area contributed by atoms with Gasteiger partial charge in [0.15, 0.2) is 5.82 Å². The zero-order valence-electron chi connectivity index (χ0n) is 11.9. The molecule has 0 aliphatic heterocycles. The third-order valence-corrected chi connectivity index (χ3v) is 3.37. The Hall–Kier alpha value is -2.60. The Morgan fingerprint density at radius 2 is 2.04 bits per heavy atom. The van der Waals surface area contributed by atoms with Crippen molar-refractivity contribution >= 4 is 17.4 Å². The number of aromatic nitrogens is 3. The van der Waals surface area contributed by atoms with E-state index >= 15 is 0 Å². The first-order chi connectivity index (χ1) is 10.7. The van der Waals surface area contributed by atoms with E-state index in [1.807, 2.05) is 0 Å². The lowest BCUT2D eigenvalue weighted by Crippen LogP contribution is -2.31. The maximum Gasteiger partial charge on any atom is 0.417 e. The normalized spacial score (nSPS) is 11.2. The minimum Gasteiger partial charge on any atom is -0.266 e. The molecular formula is C13H9ClF3N5O. The van der Waals surface area contributed by atoms with Gasteiger partial charge in [-0.15, -0.1) is 0 Å². The van der Waals surface area contributed by atoms with Gasteiger partial charge in [0.1, 0.15) is 18.0 Å². The van der Waals surface area contributed by atoms with Crippen LogP contribution in [0.25, 0.3) is 0 Å². The number of alkyl halides is 3. The number of hydrogen-bond donors (Lipinski definition) is 0. The van der Waals surface area contributed by atoms with Crippen LogP contribution in [0.4, 0.5) is 19.0 Å². The third kappa shape index (κ3) is 3.12. The highest BCUT2D eigenvalue weighted by atomic mass is 35.5. The van der Waals surface area contributed by atoms with Gasteiger partial charge in [0.05, 0.1) is 16.3 Å². The molecule has 10 heteroatoms. The van der Waals surface area contributed by atoms with Crippen LogP contribution in [0.2, 0.25) is 5.02 Å². The predicted octanol–water partition coefficient (Wildman–Crippen LogP) is 2.39. The summed E-state index contributed by atoms with van der Waals surface area (Å²) in [5.74, 6) is 0.0112. The Labute approximate surface area is 133 Å². The van der Waals surface area contributed by atoms with Crippen LogP contribution in [0.5, 0.6) is 0 Å². The summed E-state index contributed by atoms with van der Waals surface area (Å²) in [6, 6.07) is 2.48. The summed E-state index contributed by atoms with van der Waals surface area (Å²) < 4.78 is 39.2. The fourth-order valence-electron chi connectivity index (χ4n) is 1.88. The van der Waals surface area contributed by atoms with Crippen molar-refractivity contribution in [2.75, 3.05) is 12.1 Å². The molecule has 2 heterocycles. The first-order valence-electron chi connectivity index (χ1n) is 6.12. The van der Waals surface area contributed by atoms with Crippen molar-refractivity contribution in [1.29, 1.82) is 5.26 Å². The van der Waals surface area contributed by atoms with Gasteiger partial charge in [-0.3, -0.25) is 9.80 Å². The van der Waals surface area contributed by atoms with E-state index in [2.05, 4.69) is 9.97 Å². The van der Waals surface area contributed by atoms with Crippen LogP contribution >= 0.6 is 11.6 Å². The van der Waals surface area contributed by atoms with Gasteiger partial charge in [-0.25, -0.2) is 9.66 Å². The molecule has 0 saturated carbocycles. The van der Waals surface area contributed by atoms with E-state index < -0.39 is 17.3 Å². The maximum absolute atomic E-state index is 12.6. The van der Waals surface area contributed by atoms with E-state index in [4.69, 9.17) is 16.9 Å². The van der Waals surface area contributed by atoms with Crippen molar-refractivity contribution in [3.05, 3.63) is 50.8 Å². The highest BCUT2D eigenvalue weighted by Crippen LogP contribution is 2.33. The van der Waals surface area contributed by atoms with E-state index in [1.165, 1.54) is 23.7 Å². The number of halogens is 4. The lowest BCUT2D eigenvalue weighted by atomic mass is 10.2. The van der Waals surface area contributed by atoms with Crippen LogP contribution in [0.15, 0.2) is 23.4 Å².